The summed E-state index contributed by atoms with van der Waals surface area (Å²) in [7, 11) is 0. The normalized spacial score (nSPS) is 12.4. The molecule has 3 rings (SSSR count). The summed E-state index contributed by atoms with van der Waals surface area (Å²) in [5.74, 6) is 0. The third kappa shape index (κ3) is 3.65. The van der Waals surface area contributed by atoms with Gasteiger partial charge in [-0.15, -0.1) is 11.6 Å². The number of rotatable bonds is 5. The van der Waals surface area contributed by atoms with Crippen molar-refractivity contribution in [2.24, 2.45) is 0 Å². The Bertz CT molecular complexity index is 698. The Kier molecular flexibility index (Phi) is 4.57. The van der Waals surface area contributed by atoms with Crippen LogP contribution >= 0.6 is 11.6 Å². The quantitative estimate of drug-likeness (QED) is 0.536. The van der Waals surface area contributed by atoms with Gasteiger partial charge in [-0.05, 0) is 41.2 Å². The topological polar surface area (TPSA) is 0 Å². The summed E-state index contributed by atoms with van der Waals surface area (Å²) >= 11 is 6.57. The summed E-state index contributed by atoms with van der Waals surface area (Å²) in [6, 6.07) is 25.6. The van der Waals surface area contributed by atoms with E-state index >= 15 is 0 Å². The molecule has 0 spiro atoms. The summed E-state index contributed by atoms with van der Waals surface area (Å²) in [6.07, 6.45) is 2.98. The minimum atomic E-state index is 0.177. The Hall–Kier alpha value is -1.79. The van der Waals surface area contributed by atoms with Crippen molar-refractivity contribution >= 4 is 22.4 Å². The fourth-order valence-corrected chi connectivity index (χ4v) is 3.05. The van der Waals surface area contributed by atoms with E-state index in [2.05, 4.69) is 72.8 Å². The van der Waals surface area contributed by atoms with Gasteiger partial charge in [0, 0.05) is 5.38 Å². The molecule has 0 aliphatic rings. The van der Waals surface area contributed by atoms with Gasteiger partial charge in [-0.2, -0.15) is 0 Å². The Balaban J connectivity index is 1.67. The maximum atomic E-state index is 6.57. The van der Waals surface area contributed by atoms with Gasteiger partial charge in [0.05, 0.1) is 0 Å². The minimum Gasteiger partial charge on any atom is -0.123 e. The highest BCUT2D eigenvalue weighted by atomic mass is 35.5. The summed E-state index contributed by atoms with van der Waals surface area (Å²) < 4.78 is 0. The average molecular weight is 295 g/mol. The second-order valence-corrected chi connectivity index (χ2v) is 6.08. The number of aryl methyl sites for hydroxylation is 1. The van der Waals surface area contributed by atoms with E-state index in [1.165, 1.54) is 21.9 Å². The average Bonchev–Trinajstić information content (AvgIpc) is 2.54. The highest BCUT2D eigenvalue weighted by Crippen LogP contribution is 2.22. The molecule has 0 nitrogen and oxygen atoms in total. The largest absolute Gasteiger partial charge is 0.123 e. The van der Waals surface area contributed by atoms with Crippen LogP contribution in [0.4, 0.5) is 0 Å². The van der Waals surface area contributed by atoms with E-state index in [0.717, 1.165) is 19.3 Å². The summed E-state index contributed by atoms with van der Waals surface area (Å²) in [4.78, 5) is 0. The van der Waals surface area contributed by atoms with E-state index in [0.29, 0.717) is 0 Å². The van der Waals surface area contributed by atoms with Crippen LogP contribution in [-0.4, -0.2) is 5.38 Å². The maximum absolute atomic E-state index is 6.57. The van der Waals surface area contributed by atoms with Crippen LogP contribution in [0.3, 0.4) is 0 Å². The SMILES string of the molecule is ClC(CCc1ccccc1)Cc1cccc2ccccc12. The van der Waals surface area contributed by atoms with Crippen LogP contribution in [0.2, 0.25) is 0 Å². The molecule has 1 atom stereocenters. The van der Waals surface area contributed by atoms with Gasteiger partial charge in [-0.3, -0.25) is 0 Å². The molecule has 0 amide bonds. The molecule has 0 aliphatic heterocycles. The van der Waals surface area contributed by atoms with Crippen molar-refractivity contribution in [3.8, 4) is 0 Å². The van der Waals surface area contributed by atoms with Gasteiger partial charge >= 0.3 is 0 Å². The molecule has 0 saturated heterocycles. The highest BCUT2D eigenvalue weighted by molar-refractivity contribution is 6.20. The molecule has 106 valence electrons. The lowest BCUT2D eigenvalue weighted by Gasteiger charge is -2.12. The van der Waals surface area contributed by atoms with Crippen LogP contribution in [0.1, 0.15) is 17.5 Å². The lowest BCUT2D eigenvalue weighted by Crippen LogP contribution is -2.05. The van der Waals surface area contributed by atoms with E-state index in [-0.39, 0.29) is 5.38 Å². The van der Waals surface area contributed by atoms with Crippen LogP contribution in [0, 0.1) is 0 Å². The monoisotopic (exact) mass is 294 g/mol. The van der Waals surface area contributed by atoms with Crippen molar-refractivity contribution in [1.29, 1.82) is 0 Å². The zero-order valence-electron chi connectivity index (χ0n) is 12.0. The molecule has 0 radical (unpaired) electrons. The fourth-order valence-electron chi connectivity index (χ4n) is 2.78. The lowest BCUT2D eigenvalue weighted by molar-refractivity contribution is 0.746. The molecule has 1 heteroatoms. The standard InChI is InChI=1S/C20H19Cl/c21-19(14-13-16-7-2-1-3-8-16)15-18-11-6-10-17-9-4-5-12-20(17)18/h1-12,19H,13-15H2. The number of benzene rings is 3. The predicted octanol–water partition coefficient (Wildman–Crippen LogP) is 5.62. The van der Waals surface area contributed by atoms with Crippen molar-refractivity contribution in [3.05, 3.63) is 83.9 Å². The third-order valence-electron chi connectivity index (χ3n) is 3.91. The molecule has 3 aromatic rings. The molecule has 0 fully saturated rings. The van der Waals surface area contributed by atoms with Crippen molar-refractivity contribution in [2.45, 2.75) is 24.6 Å². The summed E-state index contributed by atoms with van der Waals surface area (Å²) in [5, 5.41) is 2.79. The van der Waals surface area contributed by atoms with Gasteiger partial charge in [0.1, 0.15) is 0 Å². The predicted molar refractivity (Wildman–Crippen MR) is 92.1 cm³/mol. The van der Waals surface area contributed by atoms with Gasteiger partial charge in [0.15, 0.2) is 0 Å². The molecule has 1 unspecified atom stereocenters. The second kappa shape index (κ2) is 6.78. The Morgan fingerprint density at radius 2 is 1.48 bits per heavy atom. The van der Waals surface area contributed by atoms with Crippen molar-refractivity contribution in [1.82, 2.24) is 0 Å². The molecule has 0 aromatic heterocycles. The van der Waals surface area contributed by atoms with E-state index in [1.54, 1.807) is 0 Å². The Morgan fingerprint density at radius 1 is 0.762 bits per heavy atom. The number of hydrogen-bond acceptors (Lipinski definition) is 0. The molecule has 0 N–H and O–H groups in total. The zero-order chi connectivity index (χ0) is 14.5. The van der Waals surface area contributed by atoms with E-state index < -0.39 is 0 Å². The molecular formula is C20H19Cl. The van der Waals surface area contributed by atoms with Crippen LogP contribution in [0.5, 0.6) is 0 Å². The first-order valence-electron chi connectivity index (χ1n) is 7.47. The number of alkyl halides is 1. The molecule has 0 aliphatic carbocycles. The first kappa shape index (κ1) is 14.2. The van der Waals surface area contributed by atoms with Crippen LogP contribution in [0.15, 0.2) is 72.8 Å². The molecule has 0 heterocycles. The van der Waals surface area contributed by atoms with Crippen LogP contribution in [0.25, 0.3) is 10.8 Å². The third-order valence-corrected chi connectivity index (χ3v) is 4.28. The van der Waals surface area contributed by atoms with Crippen molar-refractivity contribution < 1.29 is 0 Å². The fraction of sp³-hybridized carbons (Fsp3) is 0.200. The molecular weight excluding hydrogens is 276 g/mol. The number of halogens is 1. The Morgan fingerprint density at radius 3 is 2.33 bits per heavy atom. The molecule has 0 bridgehead atoms. The van der Waals surface area contributed by atoms with E-state index in [4.69, 9.17) is 11.6 Å². The molecule has 0 saturated carbocycles. The summed E-state index contributed by atoms with van der Waals surface area (Å²) in [5.41, 5.74) is 2.71. The maximum Gasteiger partial charge on any atom is 0.0379 e. The van der Waals surface area contributed by atoms with Gasteiger partial charge in [-0.1, -0.05) is 72.8 Å². The van der Waals surface area contributed by atoms with Crippen molar-refractivity contribution in [3.63, 3.8) is 0 Å². The van der Waals surface area contributed by atoms with Gasteiger partial charge < -0.3 is 0 Å². The smallest absolute Gasteiger partial charge is 0.0379 e. The lowest BCUT2D eigenvalue weighted by atomic mass is 9.98. The molecule has 3 aromatic carbocycles. The minimum absolute atomic E-state index is 0.177. The van der Waals surface area contributed by atoms with Crippen LogP contribution < -0.4 is 0 Å². The highest BCUT2D eigenvalue weighted by Gasteiger charge is 2.09. The van der Waals surface area contributed by atoms with Gasteiger partial charge in [0.2, 0.25) is 0 Å². The first-order chi connectivity index (χ1) is 10.3. The Labute approximate surface area is 131 Å². The molecule has 21 heavy (non-hydrogen) atoms. The zero-order valence-corrected chi connectivity index (χ0v) is 12.8. The van der Waals surface area contributed by atoms with Gasteiger partial charge in [-0.25, -0.2) is 0 Å². The van der Waals surface area contributed by atoms with E-state index in [1.807, 2.05) is 0 Å². The van der Waals surface area contributed by atoms with E-state index in [9.17, 15) is 0 Å². The first-order valence-corrected chi connectivity index (χ1v) is 7.91. The van der Waals surface area contributed by atoms with Crippen LogP contribution in [-0.2, 0) is 12.8 Å². The summed E-state index contributed by atoms with van der Waals surface area (Å²) in [6.45, 7) is 0. The number of hydrogen-bond donors (Lipinski definition) is 0. The number of fused-ring (bicyclic) bond motifs is 1. The van der Waals surface area contributed by atoms with Gasteiger partial charge in [0.25, 0.3) is 0 Å². The van der Waals surface area contributed by atoms with Crippen molar-refractivity contribution in [2.75, 3.05) is 0 Å². The second-order valence-electron chi connectivity index (χ2n) is 5.46.